The van der Waals surface area contributed by atoms with E-state index in [2.05, 4.69) is 34.0 Å². The fraction of sp³-hybridized carbons (Fsp3) is 0.600. The fourth-order valence-electron chi connectivity index (χ4n) is 1.40. The SMILES string of the molecule is CCN(CC)c1nc(NC)ncc1C. The van der Waals surface area contributed by atoms with E-state index in [4.69, 9.17) is 0 Å². The first-order valence-corrected chi connectivity index (χ1v) is 4.99. The average molecular weight is 194 g/mol. The summed E-state index contributed by atoms with van der Waals surface area (Å²) in [5.41, 5.74) is 1.12. The molecule has 0 amide bonds. The number of aryl methyl sites for hydroxylation is 1. The molecule has 0 atom stereocenters. The topological polar surface area (TPSA) is 41.1 Å². The third-order valence-corrected chi connectivity index (χ3v) is 2.23. The highest BCUT2D eigenvalue weighted by Gasteiger charge is 2.08. The van der Waals surface area contributed by atoms with Gasteiger partial charge in [0.25, 0.3) is 0 Å². The highest BCUT2D eigenvalue weighted by atomic mass is 15.2. The van der Waals surface area contributed by atoms with Gasteiger partial charge in [0.05, 0.1) is 0 Å². The van der Waals surface area contributed by atoms with E-state index in [-0.39, 0.29) is 0 Å². The molecule has 0 saturated heterocycles. The number of nitrogens with zero attached hydrogens (tertiary/aromatic N) is 3. The Morgan fingerprint density at radius 2 is 2.00 bits per heavy atom. The van der Waals surface area contributed by atoms with Gasteiger partial charge in [-0.1, -0.05) is 0 Å². The van der Waals surface area contributed by atoms with Gasteiger partial charge in [0.1, 0.15) is 5.82 Å². The molecule has 0 unspecified atom stereocenters. The number of rotatable bonds is 4. The maximum Gasteiger partial charge on any atom is 0.224 e. The zero-order chi connectivity index (χ0) is 10.6. The van der Waals surface area contributed by atoms with E-state index in [0.29, 0.717) is 5.95 Å². The average Bonchev–Trinajstić information content (AvgIpc) is 2.22. The fourth-order valence-corrected chi connectivity index (χ4v) is 1.40. The van der Waals surface area contributed by atoms with Crippen molar-refractivity contribution in [3.8, 4) is 0 Å². The Balaban J connectivity index is 3.04. The van der Waals surface area contributed by atoms with Crippen LogP contribution >= 0.6 is 0 Å². The molecule has 0 aliphatic carbocycles. The molecule has 1 rings (SSSR count). The van der Waals surface area contributed by atoms with Gasteiger partial charge in [-0.15, -0.1) is 0 Å². The van der Waals surface area contributed by atoms with Crippen LogP contribution in [0.3, 0.4) is 0 Å². The first kappa shape index (κ1) is 10.8. The molecule has 4 heteroatoms. The zero-order valence-electron chi connectivity index (χ0n) is 9.33. The van der Waals surface area contributed by atoms with E-state index in [1.54, 1.807) is 0 Å². The number of anilines is 2. The van der Waals surface area contributed by atoms with Gasteiger partial charge < -0.3 is 10.2 Å². The molecule has 1 N–H and O–H groups in total. The second-order valence-corrected chi connectivity index (χ2v) is 3.12. The normalized spacial score (nSPS) is 10.0. The van der Waals surface area contributed by atoms with Gasteiger partial charge in [-0.25, -0.2) is 4.98 Å². The van der Waals surface area contributed by atoms with Crippen LogP contribution in [0.4, 0.5) is 11.8 Å². The van der Waals surface area contributed by atoms with Crippen LogP contribution in [-0.2, 0) is 0 Å². The molecule has 0 fully saturated rings. The molecule has 0 aliphatic rings. The molecule has 1 aromatic heterocycles. The molecule has 14 heavy (non-hydrogen) atoms. The minimum atomic E-state index is 0.678. The van der Waals surface area contributed by atoms with Crippen molar-refractivity contribution in [3.05, 3.63) is 11.8 Å². The van der Waals surface area contributed by atoms with Crippen LogP contribution < -0.4 is 10.2 Å². The second kappa shape index (κ2) is 4.79. The highest BCUT2D eigenvalue weighted by molar-refractivity contribution is 5.48. The molecule has 0 spiro atoms. The first-order chi connectivity index (χ1) is 6.72. The van der Waals surface area contributed by atoms with E-state index in [1.807, 2.05) is 20.2 Å². The van der Waals surface area contributed by atoms with Gasteiger partial charge in [-0.3, -0.25) is 0 Å². The van der Waals surface area contributed by atoms with Gasteiger partial charge in [0, 0.05) is 31.9 Å². The molecular formula is C10H18N4. The van der Waals surface area contributed by atoms with E-state index in [0.717, 1.165) is 24.5 Å². The monoisotopic (exact) mass is 194 g/mol. The lowest BCUT2D eigenvalue weighted by Gasteiger charge is -2.21. The largest absolute Gasteiger partial charge is 0.357 e. The lowest BCUT2D eigenvalue weighted by molar-refractivity contribution is 0.836. The highest BCUT2D eigenvalue weighted by Crippen LogP contribution is 2.16. The van der Waals surface area contributed by atoms with Gasteiger partial charge >= 0.3 is 0 Å². The van der Waals surface area contributed by atoms with Gasteiger partial charge in [-0.05, 0) is 20.8 Å². The summed E-state index contributed by atoms with van der Waals surface area (Å²) in [7, 11) is 1.83. The Hall–Kier alpha value is -1.32. The minimum Gasteiger partial charge on any atom is -0.357 e. The third kappa shape index (κ3) is 2.13. The molecule has 1 heterocycles. The summed E-state index contributed by atoms with van der Waals surface area (Å²) in [6.07, 6.45) is 1.85. The number of hydrogen-bond acceptors (Lipinski definition) is 4. The van der Waals surface area contributed by atoms with E-state index in [9.17, 15) is 0 Å². The molecule has 1 aromatic rings. The zero-order valence-corrected chi connectivity index (χ0v) is 9.33. The van der Waals surface area contributed by atoms with Gasteiger partial charge in [-0.2, -0.15) is 4.98 Å². The van der Waals surface area contributed by atoms with Crippen molar-refractivity contribution in [2.24, 2.45) is 0 Å². The Morgan fingerprint density at radius 1 is 1.36 bits per heavy atom. The van der Waals surface area contributed by atoms with Crippen molar-refractivity contribution >= 4 is 11.8 Å². The lowest BCUT2D eigenvalue weighted by atomic mass is 10.3. The maximum absolute atomic E-state index is 4.44. The summed E-state index contributed by atoms with van der Waals surface area (Å²) in [5.74, 6) is 1.70. The van der Waals surface area contributed by atoms with Crippen LogP contribution in [0.25, 0.3) is 0 Å². The van der Waals surface area contributed by atoms with Crippen molar-refractivity contribution in [1.82, 2.24) is 9.97 Å². The van der Waals surface area contributed by atoms with Crippen LogP contribution in [0.15, 0.2) is 6.20 Å². The van der Waals surface area contributed by atoms with Crippen molar-refractivity contribution in [2.45, 2.75) is 20.8 Å². The molecule has 78 valence electrons. The Morgan fingerprint density at radius 3 is 2.50 bits per heavy atom. The standard InChI is InChI=1S/C10H18N4/c1-5-14(6-2)9-8(3)7-12-10(11-4)13-9/h7H,5-6H2,1-4H3,(H,11,12,13). The molecule has 0 bridgehead atoms. The first-order valence-electron chi connectivity index (χ1n) is 4.99. The van der Waals surface area contributed by atoms with Crippen molar-refractivity contribution in [1.29, 1.82) is 0 Å². The van der Waals surface area contributed by atoms with Crippen LogP contribution in [-0.4, -0.2) is 30.1 Å². The van der Waals surface area contributed by atoms with Gasteiger partial charge in [0.15, 0.2) is 0 Å². The van der Waals surface area contributed by atoms with E-state index < -0.39 is 0 Å². The van der Waals surface area contributed by atoms with Crippen LogP contribution in [0.5, 0.6) is 0 Å². The Bertz CT molecular complexity index is 294. The lowest BCUT2D eigenvalue weighted by Crippen LogP contribution is -2.24. The molecule has 0 radical (unpaired) electrons. The van der Waals surface area contributed by atoms with Crippen LogP contribution in [0.2, 0.25) is 0 Å². The maximum atomic E-state index is 4.44. The molecule has 4 nitrogen and oxygen atoms in total. The van der Waals surface area contributed by atoms with Crippen LogP contribution in [0.1, 0.15) is 19.4 Å². The number of hydrogen-bond donors (Lipinski definition) is 1. The summed E-state index contributed by atoms with van der Waals surface area (Å²) in [4.78, 5) is 10.8. The summed E-state index contributed by atoms with van der Waals surface area (Å²) in [5, 5.41) is 2.95. The molecule has 0 aliphatic heterocycles. The predicted molar refractivity (Wildman–Crippen MR) is 59.9 cm³/mol. The molecular weight excluding hydrogens is 176 g/mol. The van der Waals surface area contributed by atoms with E-state index in [1.165, 1.54) is 0 Å². The summed E-state index contributed by atoms with van der Waals surface area (Å²) in [6, 6.07) is 0. The number of aromatic nitrogens is 2. The molecule has 0 aromatic carbocycles. The molecule has 0 saturated carbocycles. The number of nitrogens with one attached hydrogen (secondary N) is 1. The third-order valence-electron chi connectivity index (χ3n) is 2.23. The van der Waals surface area contributed by atoms with Crippen molar-refractivity contribution in [3.63, 3.8) is 0 Å². The Kier molecular flexibility index (Phi) is 3.68. The summed E-state index contributed by atoms with van der Waals surface area (Å²) < 4.78 is 0. The smallest absolute Gasteiger partial charge is 0.224 e. The van der Waals surface area contributed by atoms with E-state index >= 15 is 0 Å². The quantitative estimate of drug-likeness (QED) is 0.791. The summed E-state index contributed by atoms with van der Waals surface area (Å²) in [6.45, 7) is 8.23. The minimum absolute atomic E-state index is 0.678. The van der Waals surface area contributed by atoms with Crippen molar-refractivity contribution < 1.29 is 0 Å². The second-order valence-electron chi connectivity index (χ2n) is 3.12. The summed E-state index contributed by atoms with van der Waals surface area (Å²) >= 11 is 0. The van der Waals surface area contributed by atoms with Crippen LogP contribution in [0, 0.1) is 6.92 Å². The predicted octanol–water partition coefficient (Wildman–Crippen LogP) is 1.67. The Labute approximate surface area is 85.4 Å². The van der Waals surface area contributed by atoms with Gasteiger partial charge in [0.2, 0.25) is 5.95 Å². The van der Waals surface area contributed by atoms with Crippen molar-refractivity contribution in [2.75, 3.05) is 30.4 Å².